The zero-order valence-electron chi connectivity index (χ0n) is 20.1. The molecule has 1 aliphatic rings. The van der Waals surface area contributed by atoms with Crippen molar-refractivity contribution in [3.05, 3.63) is 65.9 Å². The number of H-pyrrole nitrogens is 1. The number of hydrogen-bond donors (Lipinski definition) is 2. The summed E-state index contributed by atoms with van der Waals surface area (Å²) < 4.78 is 34.3. The van der Waals surface area contributed by atoms with E-state index < -0.39 is 10.0 Å². The van der Waals surface area contributed by atoms with Crippen LogP contribution < -0.4 is 14.4 Å². The van der Waals surface area contributed by atoms with Gasteiger partial charge in [0.25, 0.3) is 0 Å². The van der Waals surface area contributed by atoms with Gasteiger partial charge < -0.3 is 14.6 Å². The summed E-state index contributed by atoms with van der Waals surface area (Å²) in [6.45, 7) is 5.23. The zero-order chi connectivity index (χ0) is 25.3. The van der Waals surface area contributed by atoms with Crippen molar-refractivity contribution < 1.29 is 13.2 Å². The van der Waals surface area contributed by atoms with Gasteiger partial charge in [0.2, 0.25) is 10.0 Å². The van der Waals surface area contributed by atoms with Gasteiger partial charge in [0.05, 0.1) is 16.4 Å². The molecule has 8 nitrogen and oxygen atoms in total. The number of piperidine rings is 1. The SMILES string of the molecule is CC(C)Oc1ccc(S(=O)(=O)NC2CCN(c3ncnc4[nH]c(-c5ccc(Cl)cc5)cc34)CC2)cc1. The molecule has 0 spiro atoms. The predicted molar refractivity (Wildman–Crippen MR) is 142 cm³/mol. The van der Waals surface area contributed by atoms with Crippen molar-refractivity contribution in [3.63, 3.8) is 0 Å². The van der Waals surface area contributed by atoms with Crippen LogP contribution in [0.3, 0.4) is 0 Å². The van der Waals surface area contributed by atoms with E-state index in [1.54, 1.807) is 30.6 Å². The maximum atomic E-state index is 12.9. The second-order valence-electron chi connectivity index (χ2n) is 9.17. The standard InChI is InChI=1S/C26H28ClN5O3S/c1-17(2)35-21-7-9-22(10-8-21)36(33,34)31-20-11-13-32(14-12-20)26-23-15-24(30-25(23)28-16-29-26)18-3-5-19(27)6-4-18/h3-10,15-17,20,31H,11-14H2,1-2H3,(H,28,29,30). The third kappa shape index (κ3) is 5.33. The summed E-state index contributed by atoms with van der Waals surface area (Å²) in [5.74, 6) is 1.50. The molecule has 3 heterocycles. The first-order valence-corrected chi connectivity index (χ1v) is 13.8. The van der Waals surface area contributed by atoms with Crippen LogP contribution >= 0.6 is 11.6 Å². The topological polar surface area (TPSA) is 100 Å². The summed E-state index contributed by atoms with van der Waals surface area (Å²) in [4.78, 5) is 14.7. The zero-order valence-corrected chi connectivity index (χ0v) is 21.7. The van der Waals surface area contributed by atoms with Gasteiger partial charge in [-0.05, 0) is 74.7 Å². The summed E-state index contributed by atoms with van der Waals surface area (Å²) in [5.41, 5.74) is 2.72. The van der Waals surface area contributed by atoms with E-state index in [0.717, 1.165) is 28.1 Å². The Labute approximate surface area is 215 Å². The first-order valence-electron chi connectivity index (χ1n) is 11.9. The van der Waals surface area contributed by atoms with Crippen LogP contribution in [0.1, 0.15) is 26.7 Å². The molecule has 36 heavy (non-hydrogen) atoms. The Kier molecular flexibility index (Phi) is 6.87. The number of benzene rings is 2. The van der Waals surface area contributed by atoms with Gasteiger partial charge in [-0.25, -0.2) is 23.1 Å². The van der Waals surface area contributed by atoms with E-state index in [9.17, 15) is 8.42 Å². The molecule has 0 amide bonds. The molecule has 2 aromatic carbocycles. The number of rotatable bonds is 7. The summed E-state index contributed by atoms with van der Waals surface area (Å²) in [5, 5.41) is 1.62. The smallest absolute Gasteiger partial charge is 0.240 e. The van der Waals surface area contributed by atoms with Gasteiger partial charge in [0.1, 0.15) is 23.5 Å². The van der Waals surface area contributed by atoms with Crippen LogP contribution in [-0.4, -0.2) is 48.6 Å². The van der Waals surface area contributed by atoms with Crippen molar-refractivity contribution in [1.29, 1.82) is 0 Å². The van der Waals surface area contributed by atoms with E-state index in [1.807, 2.05) is 38.1 Å². The Balaban J connectivity index is 1.26. The molecule has 1 saturated heterocycles. The quantitative estimate of drug-likeness (QED) is 0.351. The second kappa shape index (κ2) is 10.1. The first-order chi connectivity index (χ1) is 17.3. The minimum Gasteiger partial charge on any atom is -0.491 e. The molecule has 188 valence electrons. The number of anilines is 1. The molecule has 0 unspecified atom stereocenters. The maximum Gasteiger partial charge on any atom is 0.240 e. The van der Waals surface area contributed by atoms with Crippen LogP contribution in [0.15, 0.2) is 65.8 Å². The van der Waals surface area contributed by atoms with E-state index in [1.165, 1.54) is 0 Å². The molecule has 2 aromatic heterocycles. The van der Waals surface area contributed by atoms with Gasteiger partial charge in [-0.3, -0.25) is 0 Å². The fraction of sp³-hybridized carbons (Fsp3) is 0.308. The molecule has 0 bridgehead atoms. The molecule has 0 aliphatic carbocycles. The molecule has 1 aliphatic heterocycles. The molecule has 1 fully saturated rings. The van der Waals surface area contributed by atoms with E-state index in [-0.39, 0.29) is 17.0 Å². The number of ether oxygens (including phenoxy) is 1. The summed E-state index contributed by atoms with van der Waals surface area (Å²) >= 11 is 6.03. The van der Waals surface area contributed by atoms with Crippen LogP contribution in [0.5, 0.6) is 5.75 Å². The fourth-order valence-corrected chi connectivity index (χ4v) is 5.86. The van der Waals surface area contributed by atoms with Crippen LogP contribution in [0.2, 0.25) is 5.02 Å². The number of nitrogens with zero attached hydrogens (tertiary/aromatic N) is 3. The van der Waals surface area contributed by atoms with E-state index in [4.69, 9.17) is 16.3 Å². The van der Waals surface area contributed by atoms with Crippen molar-refractivity contribution in [3.8, 4) is 17.0 Å². The minimum atomic E-state index is -3.62. The van der Waals surface area contributed by atoms with Crippen molar-refractivity contribution in [2.75, 3.05) is 18.0 Å². The predicted octanol–water partition coefficient (Wildman–Crippen LogP) is 5.01. The highest BCUT2D eigenvalue weighted by molar-refractivity contribution is 7.89. The van der Waals surface area contributed by atoms with Crippen molar-refractivity contribution in [1.82, 2.24) is 19.7 Å². The Bertz CT molecular complexity index is 1450. The van der Waals surface area contributed by atoms with E-state index >= 15 is 0 Å². The first kappa shape index (κ1) is 24.5. The second-order valence-corrected chi connectivity index (χ2v) is 11.3. The van der Waals surface area contributed by atoms with Crippen LogP contribution in [0.25, 0.3) is 22.3 Å². The van der Waals surface area contributed by atoms with Crippen molar-refractivity contribution in [2.45, 2.75) is 43.7 Å². The number of fused-ring (bicyclic) bond motifs is 1. The average molecular weight is 526 g/mol. The Morgan fingerprint density at radius 1 is 1.06 bits per heavy atom. The Morgan fingerprint density at radius 2 is 1.75 bits per heavy atom. The lowest BCUT2D eigenvalue weighted by atomic mass is 10.1. The van der Waals surface area contributed by atoms with Gasteiger partial charge in [0.15, 0.2) is 0 Å². The number of aromatic amines is 1. The Morgan fingerprint density at radius 3 is 2.42 bits per heavy atom. The molecular weight excluding hydrogens is 498 g/mol. The van der Waals surface area contributed by atoms with Crippen LogP contribution in [-0.2, 0) is 10.0 Å². The minimum absolute atomic E-state index is 0.0298. The van der Waals surface area contributed by atoms with Crippen LogP contribution in [0, 0.1) is 0 Å². The maximum absolute atomic E-state index is 12.9. The molecule has 10 heteroatoms. The summed E-state index contributed by atoms with van der Waals surface area (Å²) in [6.07, 6.45) is 2.94. The third-order valence-electron chi connectivity index (χ3n) is 6.18. The van der Waals surface area contributed by atoms with Crippen LogP contribution in [0.4, 0.5) is 5.82 Å². The van der Waals surface area contributed by atoms with Crippen molar-refractivity contribution >= 4 is 38.5 Å². The monoisotopic (exact) mass is 525 g/mol. The van der Waals surface area contributed by atoms with E-state index in [2.05, 4.69) is 30.6 Å². The largest absolute Gasteiger partial charge is 0.491 e. The van der Waals surface area contributed by atoms with Gasteiger partial charge in [0, 0.05) is 29.8 Å². The van der Waals surface area contributed by atoms with Gasteiger partial charge in [-0.1, -0.05) is 23.7 Å². The highest BCUT2D eigenvalue weighted by atomic mass is 35.5. The lowest BCUT2D eigenvalue weighted by Gasteiger charge is -2.33. The summed E-state index contributed by atoms with van der Waals surface area (Å²) in [6, 6.07) is 16.1. The van der Waals surface area contributed by atoms with Gasteiger partial charge >= 0.3 is 0 Å². The Hall–Kier alpha value is -3.14. The number of hydrogen-bond acceptors (Lipinski definition) is 6. The van der Waals surface area contributed by atoms with Gasteiger partial charge in [-0.2, -0.15) is 0 Å². The van der Waals surface area contributed by atoms with Gasteiger partial charge in [-0.15, -0.1) is 0 Å². The number of sulfonamides is 1. The molecule has 0 radical (unpaired) electrons. The van der Waals surface area contributed by atoms with E-state index in [0.29, 0.717) is 36.7 Å². The molecule has 2 N–H and O–H groups in total. The lowest BCUT2D eigenvalue weighted by molar-refractivity contribution is 0.242. The number of halogens is 1. The molecule has 0 atom stereocenters. The number of nitrogens with one attached hydrogen (secondary N) is 2. The molecule has 4 aromatic rings. The van der Waals surface area contributed by atoms with Crippen molar-refractivity contribution in [2.24, 2.45) is 0 Å². The highest BCUT2D eigenvalue weighted by Crippen LogP contribution is 2.31. The molecule has 5 rings (SSSR count). The molecular formula is C26H28ClN5O3S. The fourth-order valence-electron chi connectivity index (χ4n) is 4.43. The normalized spacial score (nSPS) is 15.1. The third-order valence-corrected chi connectivity index (χ3v) is 7.97. The lowest BCUT2D eigenvalue weighted by Crippen LogP contribution is -2.44. The molecule has 0 saturated carbocycles. The summed E-state index contributed by atoms with van der Waals surface area (Å²) in [7, 11) is -3.62. The number of aromatic nitrogens is 3. The average Bonchev–Trinajstić information content (AvgIpc) is 3.29. The highest BCUT2D eigenvalue weighted by Gasteiger charge is 2.26.